The van der Waals surface area contributed by atoms with Crippen LogP contribution in [0.25, 0.3) is 0 Å². The Bertz CT molecular complexity index is 1280. The molecule has 5 aliphatic rings. The lowest BCUT2D eigenvalue weighted by molar-refractivity contribution is -0.144. The van der Waals surface area contributed by atoms with E-state index < -0.39 is 35.7 Å². The van der Waals surface area contributed by atoms with E-state index in [4.69, 9.17) is 5.73 Å². The first-order valence-electron chi connectivity index (χ1n) is 16.1. The third kappa shape index (κ3) is 6.02. The van der Waals surface area contributed by atoms with E-state index in [9.17, 15) is 24.0 Å². The van der Waals surface area contributed by atoms with E-state index >= 15 is 0 Å². The van der Waals surface area contributed by atoms with Crippen molar-refractivity contribution in [2.45, 2.75) is 102 Å². The van der Waals surface area contributed by atoms with Crippen LogP contribution in [0.1, 0.15) is 76.3 Å². The smallest absolute Gasteiger partial charge is 0.315 e. The predicted molar refractivity (Wildman–Crippen MR) is 159 cm³/mol. The fourth-order valence-electron chi connectivity index (χ4n) is 8.16. The standard InChI is InChI=1S/C33H45N5O5/c1-33(2)23-17-38(27(25(23)33)30(41)36-24(14-18-12-13-18)28(39)29(34)40)31(42)26(21-15-19-8-6-7-9-20(19)16-21)37-32(43)35-22-10-4-3-5-11-22/h6-9,18,21-27H,3-5,10-17H2,1-2H3,(H2,34,40)(H,36,41)(H2,35,37,43)/t23?,24?,25?,26-,27-/m0/s1. The molecule has 232 valence electrons. The minimum atomic E-state index is -1.07. The van der Waals surface area contributed by atoms with Crippen LogP contribution in [0.3, 0.4) is 0 Å². The monoisotopic (exact) mass is 591 g/mol. The number of urea groups is 1. The molecule has 5 amide bonds. The molecule has 3 saturated carbocycles. The van der Waals surface area contributed by atoms with Crippen molar-refractivity contribution in [2.75, 3.05) is 6.54 Å². The van der Waals surface area contributed by atoms with Gasteiger partial charge in [0.2, 0.25) is 17.6 Å². The number of ketones is 1. The van der Waals surface area contributed by atoms with E-state index in [1.165, 1.54) is 17.5 Å². The lowest BCUT2D eigenvalue weighted by atomic mass is 9.93. The number of hydrogen-bond donors (Lipinski definition) is 4. The highest BCUT2D eigenvalue weighted by molar-refractivity contribution is 6.37. The predicted octanol–water partition coefficient (Wildman–Crippen LogP) is 2.22. The van der Waals surface area contributed by atoms with Crippen LogP contribution in [-0.2, 0) is 32.0 Å². The van der Waals surface area contributed by atoms with Crippen molar-refractivity contribution in [3.8, 4) is 0 Å². The third-order valence-corrected chi connectivity index (χ3v) is 10.9. The molecule has 0 bridgehead atoms. The number of benzene rings is 1. The van der Waals surface area contributed by atoms with Gasteiger partial charge in [0, 0.05) is 12.6 Å². The first-order valence-corrected chi connectivity index (χ1v) is 16.1. The number of piperidine rings is 1. The molecule has 10 heteroatoms. The van der Waals surface area contributed by atoms with Gasteiger partial charge in [0.15, 0.2) is 0 Å². The normalized spacial score (nSPS) is 27.4. The van der Waals surface area contributed by atoms with Gasteiger partial charge in [0.05, 0.1) is 6.04 Å². The van der Waals surface area contributed by atoms with E-state index in [1.807, 2.05) is 12.1 Å². The molecule has 5 N–H and O–H groups in total. The molecular weight excluding hydrogens is 546 g/mol. The van der Waals surface area contributed by atoms with Crippen molar-refractivity contribution < 1.29 is 24.0 Å². The number of amides is 5. The van der Waals surface area contributed by atoms with Gasteiger partial charge in [-0.25, -0.2) is 4.79 Å². The van der Waals surface area contributed by atoms with E-state index in [1.54, 1.807) is 4.90 Å². The molecule has 1 aromatic rings. The second-order valence-corrected chi connectivity index (χ2v) is 14.2. The first-order chi connectivity index (χ1) is 20.5. The van der Waals surface area contributed by atoms with Gasteiger partial charge < -0.3 is 26.6 Å². The van der Waals surface area contributed by atoms with Crippen LogP contribution in [0.15, 0.2) is 24.3 Å². The summed E-state index contributed by atoms with van der Waals surface area (Å²) in [4.78, 5) is 67.8. The molecule has 4 aliphatic carbocycles. The van der Waals surface area contributed by atoms with Crippen LogP contribution < -0.4 is 21.7 Å². The average molecular weight is 592 g/mol. The number of fused-ring (bicyclic) bond motifs is 2. The van der Waals surface area contributed by atoms with Gasteiger partial charge in [0.25, 0.3) is 5.91 Å². The maximum Gasteiger partial charge on any atom is 0.315 e. The molecule has 6 rings (SSSR count). The summed E-state index contributed by atoms with van der Waals surface area (Å²) in [6, 6.07) is 5.28. The van der Waals surface area contributed by atoms with Gasteiger partial charge in [-0.2, -0.15) is 0 Å². The maximum atomic E-state index is 14.5. The number of carbonyl (C=O) groups excluding carboxylic acids is 5. The van der Waals surface area contributed by atoms with Gasteiger partial charge >= 0.3 is 6.03 Å². The van der Waals surface area contributed by atoms with E-state index in [0.717, 1.165) is 38.5 Å². The number of rotatable bonds is 10. The molecule has 1 aromatic carbocycles. The fourth-order valence-corrected chi connectivity index (χ4v) is 8.16. The molecule has 0 spiro atoms. The molecule has 1 heterocycles. The Hall–Kier alpha value is -3.43. The highest BCUT2D eigenvalue weighted by Crippen LogP contribution is 2.65. The fraction of sp³-hybridized carbons (Fsp3) is 0.667. The Morgan fingerprint density at radius 3 is 2.21 bits per heavy atom. The van der Waals surface area contributed by atoms with Crippen molar-refractivity contribution >= 4 is 29.5 Å². The number of likely N-dealkylation sites (tertiary alicyclic amines) is 1. The van der Waals surface area contributed by atoms with Crippen LogP contribution in [-0.4, -0.2) is 65.1 Å². The molecule has 0 radical (unpaired) electrons. The first kappa shape index (κ1) is 29.6. The van der Waals surface area contributed by atoms with Crippen molar-refractivity contribution in [2.24, 2.45) is 34.8 Å². The van der Waals surface area contributed by atoms with Gasteiger partial charge in [0.1, 0.15) is 12.1 Å². The second kappa shape index (κ2) is 11.6. The van der Waals surface area contributed by atoms with E-state index in [2.05, 4.69) is 41.9 Å². The van der Waals surface area contributed by atoms with Crippen LogP contribution in [0, 0.1) is 29.1 Å². The number of nitrogens with two attached hydrogens (primary N) is 1. The summed E-state index contributed by atoms with van der Waals surface area (Å²) in [7, 11) is 0. The lowest BCUT2D eigenvalue weighted by Gasteiger charge is -2.35. The Labute approximate surface area is 253 Å². The molecule has 3 unspecified atom stereocenters. The minimum Gasteiger partial charge on any atom is -0.363 e. The third-order valence-electron chi connectivity index (χ3n) is 10.9. The van der Waals surface area contributed by atoms with E-state index in [0.29, 0.717) is 25.8 Å². The average Bonchev–Trinajstić information content (AvgIpc) is 3.73. The topological polar surface area (TPSA) is 151 Å². The second-order valence-electron chi connectivity index (χ2n) is 14.2. The quantitative estimate of drug-likeness (QED) is 0.308. The summed E-state index contributed by atoms with van der Waals surface area (Å²) in [6.07, 6.45) is 8.78. The number of hydrogen-bond acceptors (Lipinski definition) is 5. The van der Waals surface area contributed by atoms with Gasteiger partial charge in [-0.05, 0) is 72.3 Å². The van der Waals surface area contributed by atoms with Crippen molar-refractivity contribution in [3.63, 3.8) is 0 Å². The summed E-state index contributed by atoms with van der Waals surface area (Å²) < 4.78 is 0. The number of nitrogens with zero attached hydrogens (tertiary/aromatic N) is 1. The molecule has 0 aromatic heterocycles. The molecule has 1 aliphatic heterocycles. The van der Waals surface area contributed by atoms with Crippen molar-refractivity contribution in [3.05, 3.63) is 35.4 Å². The molecule has 5 atom stereocenters. The zero-order valence-electron chi connectivity index (χ0n) is 25.3. The largest absolute Gasteiger partial charge is 0.363 e. The zero-order chi connectivity index (χ0) is 30.5. The highest BCUT2D eigenvalue weighted by Gasteiger charge is 2.69. The van der Waals surface area contributed by atoms with Gasteiger partial charge in [-0.1, -0.05) is 70.2 Å². The van der Waals surface area contributed by atoms with E-state index in [-0.39, 0.29) is 47.1 Å². The minimum absolute atomic E-state index is 0.0702. The van der Waals surface area contributed by atoms with Crippen LogP contribution in [0.5, 0.6) is 0 Å². The zero-order valence-corrected chi connectivity index (χ0v) is 25.3. The number of nitrogens with one attached hydrogen (secondary N) is 3. The van der Waals surface area contributed by atoms with Crippen LogP contribution in [0.4, 0.5) is 4.79 Å². The molecule has 10 nitrogen and oxygen atoms in total. The SMILES string of the molecule is CC1(C)C2CN(C(=O)[C@@H](NC(=O)NC3CCCCC3)C3Cc4ccccc4C3)[C@H](C(=O)NC(CC3CC3)C(=O)C(N)=O)C21. The van der Waals surface area contributed by atoms with Gasteiger partial charge in [-0.15, -0.1) is 0 Å². The Kier molecular flexibility index (Phi) is 7.98. The molecule has 43 heavy (non-hydrogen) atoms. The maximum absolute atomic E-state index is 14.5. The summed E-state index contributed by atoms with van der Waals surface area (Å²) in [6.45, 7) is 4.61. The number of Topliss-reactive ketones (excluding diaryl/α,β-unsaturated/α-hetero) is 1. The molecule has 4 fully saturated rings. The van der Waals surface area contributed by atoms with Crippen molar-refractivity contribution in [1.29, 1.82) is 0 Å². The molecular formula is C33H45N5O5. The summed E-state index contributed by atoms with van der Waals surface area (Å²) in [5, 5.41) is 8.97. The summed E-state index contributed by atoms with van der Waals surface area (Å²) in [5.74, 6) is -2.35. The van der Waals surface area contributed by atoms with Gasteiger partial charge in [-0.3, -0.25) is 19.2 Å². The lowest BCUT2D eigenvalue weighted by Crippen LogP contribution is -2.60. The summed E-state index contributed by atoms with van der Waals surface area (Å²) in [5.41, 5.74) is 7.54. The van der Waals surface area contributed by atoms with Crippen molar-refractivity contribution in [1.82, 2.24) is 20.9 Å². The highest BCUT2D eigenvalue weighted by atomic mass is 16.2. The number of primary amides is 1. The Balaban J connectivity index is 1.23. The molecule has 1 saturated heterocycles. The van der Waals surface area contributed by atoms with Crippen LogP contribution >= 0.6 is 0 Å². The Morgan fingerprint density at radius 2 is 1.60 bits per heavy atom. The Morgan fingerprint density at radius 1 is 0.953 bits per heavy atom. The summed E-state index contributed by atoms with van der Waals surface area (Å²) >= 11 is 0. The van der Waals surface area contributed by atoms with Crippen LogP contribution in [0.2, 0.25) is 0 Å². The number of carbonyl (C=O) groups is 5.